The standard InChI is InChI=1S/C21H20ClNO4/c1-2-5-14-10-21(25)27-19-11-16(8-9-17(14)19)26-13-20(24)23-12-15-6-3-4-7-18(15)22/h3-4,6-11H,2,5,12-13H2,1H3,(H,23,24). The molecule has 1 aromatic heterocycles. The van der Waals surface area contributed by atoms with E-state index in [9.17, 15) is 9.59 Å². The van der Waals surface area contributed by atoms with Gasteiger partial charge in [0, 0.05) is 29.1 Å². The van der Waals surface area contributed by atoms with Crippen molar-refractivity contribution in [2.24, 2.45) is 0 Å². The number of ether oxygens (including phenoxy) is 1. The zero-order valence-corrected chi connectivity index (χ0v) is 15.7. The highest BCUT2D eigenvalue weighted by Crippen LogP contribution is 2.23. The van der Waals surface area contributed by atoms with E-state index in [2.05, 4.69) is 12.2 Å². The van der Waals surface area contributed by atoms with Gasteiger partial charge in [-0.15, -0.1) is 0 Å². The van der Waals surface area contributed by atoms with Crippen molar-refractivity contribution >= 4 is 28.5 Å². The summed E-state index contributed by atoms with van der Waals surface area (Å²) in [4.78, 5) is 23.7. The molecule has 0 bridgehead atoms. The van der Waals surface area contributed by atoms with Gasteiger partial charge < -0.3 is 14.5 Å². The van der Waals surface area contributed by atoms with E-state index < -0.39 is 0 Å². The molecular formula is C21H20ClNO4. The van der Waals surface area contributed by atoms with Crippen LogP contribution in [0, 0.1) is 0 Å². The fourth-order valence-corrected chi connectivity index (χ4v) is 3.01. The van der Waals surface area contributed by atoms with E-state index in [-0.39, 0.29) is 18.1 Å². The van der Waals surface area contributed by atoms with E-state index in [0.29, 0.717) is 22.9 Å². The van der Waals surface area contributed by atoms with Crippen LogP contribution in [0.2, 0.25) is 5.02 Å². The molecule has 1 heterocycles. The Balaban J connectivity index is 1.64. The lowest BCUT2D eigenvalue weighted by atomic mass is 10.1. The van der Waals surface area contributed by atoms with Crippen molar-refractivity contribution in [1.82, 2.24) is 5.32 Å². The Kier molecular flexibility index (Phi) is 6.14. The lowest BCUT2D eigenvalue weighted by molar-refractivity contribution is -0.123. The van der Waals surface area contributed by atoms with Gasteiger partial charge in [0.1, 0.15) is 11.3 Å². The maximum Gasteiger partial charge on any atom is 0.336 e. The van der Waals surface area contributed by atoms with Crippen LogP contribution >= 0.6 is 11.6 Å². The molecule has 0 fully saturated rings. The third-order valence-electron chi connectivity index (χ3n) is 4.12. The first-order valence-electron chi connectivity index (χ1n) is 8.76. The molecule has 140 valence electrons. The van der Waals surface area contributed by atoms with Gasteiger partial charge in [0.15, 0.2) is 6.61 Å². The molecule has 0 saturated carbocycles. The molecule has 0 unspecified atom stereocenters. The first-order valence-corrected chi connectivity index (χ1v) is 9.14. The van der Waals surface area contributed by atoms with E-state index in [1.54, 1.807) is 18.2 Å². The molecular weight excluding hydrogens is 366 g/mol. The summed E-state index contributed by atoms with van der Waals surface area (Å²) < 4.78 is 10.8. The van der Waals surface area contributed by atoms with Gasteiger partial charge in [-0.3, -0.25) is 4.79 Å². The van der Waals surface area contributed by atoms with Crippen LogP contribution in [0.25, 0.3) is 11.0 Å². The number of rotatable bonds is 7. The molecule has 0 saturated heterocycles. The highest BCUT2D eigenvalue weighted by molar-refractivity contribution is 6.31. The van der Waals surface area contributed by atoms with Crippen molar-refractivity contribution < 1.29 is 13.9 Å². The van der Waals surface area contributed by atoms with Gasteiger partial charge in [0.25, 0.3) is 5.91 Å². The number of hydrogen-bond acceptors (Lipinski definition) is 4. The number of nitrogens with one attached hydrogen (secondary N) is 1. The van der Waals surface area contributed by atoms with Crippen molar-refractivity contribution in [2.45, 2.75) is 26.3 Å². The Morgan fingerprint density at radius 2 is 1.96 bits per heavy atom. The summed E-state index contributed by atoms with van der Waals surface area (Å²) in [6.07, 6.45) is 1.73. The van der Waals surface area contributed by atoms with E-state index in [0.717, 1.165) is 29.4 Å². The molecule has 0 radical (unpaired) electrons. The smallest absolute Gasteiger partial charge is 0.336 e. The zero-order valence-electron chi connectivity index (χ0n) is 15.0. The highest BCUT2D eigenvalue weighted by Gasteiger charge is 2.09. The minimum absolute atomic E-state index is 0.144. The average molecular weight is 386 g/mol. The summed E-state index contributed by atoms with van der Waals surface area (Å²) in [5.41, 5.74) is 1.86. The lowest BCUT2D eigenvalue weighted by Crippen LogP contribution is -2.28. The fourth-order valence-electron chi connectivity index (χ4n) is 2.81. The normalized spacial score (nSPS) is 10.7. The third kappa shape index (κ3) is 4.89. The van der Waals surface area contributed by atoms with E-state index in [1.807, 2.05) is 24.3 Å². The largest absolute Gasteiger partial charge is 0.484 e. The van der Waals surface area contributed by atoms with Gasteiger partial charge >= 0.3 is 5.63 Å². The van der Waals surface area contributed by atoms with Crippen molar-refractivity contribution in [2.75, 3.05) is 6.61 Å². The maximum atomic E-state index is 12.0. The molecule has 0 aliphatic heterocycles. The molecule has 6 heteroatoms. The number of carbonyl (C=O) groups excluding carboxylic acids is 1. The number of fused-ring (bicyclic) bond motifs is 1. The van der Waals surface area contributed by atoms with Crippen LogP contribution in [-0.4, -0.2) is 12.5 Å². The second-order valence-electron chi connectivity index (χ2n) is 6.16. The van der Waals surface area contributed by atoms with Gasteiger partial charge in [-0.05, 0) is 35.7 Å². The van der Waals surface area contributed by atoms with Crippen molar-refractivity contribution in [3.05, 3.63) is 75.1 Å². The predicted molar refractivity (Wildman–Crippen MR) is 105 cm³/mol. The van der Waals surface area contributed by atoms with Gasteiger partial charge in [-0.25, -0.2) is 4.79 Å². The Morgan fingerprint density at radius 3 is 2.74 bits per heavy atom. The number of aryl methyl sites for hydroxylation is 1. The number of hydrogen-bond donors (Lipinski definition) is 1. The Hall–Kier alpha value is -2.79. The minimum atomic E-state index is -0.388. The molecule has 27 heavy (non-hydrogen) atoms. The van der Waals surface area contributed by atoms with Crippen LogP contribution in [0.5, 0.6) is 5.75 Å². The molecule has 3 rings (SSSR count). The summed E-state index contributed by atoms with van der Waals surface area (Å²) in [7, 11) is 0. The molecule has 3 aromatic rings. The topological polar surface area (TPSA) is 68.5 Å². The van der Waals surface area contributed by atoms with Crippen LogP contribution in [0.15, 0.2) is 57.7 Å². The Morgan fingerprint density at radius 1 is 1.15 bits per heavy atom. The molecule has 1 amide bonds. The van der Waals surface area contributed by atoms with Gasteiger partial charge in [-0.2, -0.15) is 0 Å². The third-order valence-corrected chi connectivity index (χ3v) is 4.49. The average Bonchev–Trinajstić information content (AvgIpc) is 2.65. The Labute approximate surface area is 161 Å². The molecule has 0 aliphatic rings. The lowest BCUT2D eigenvalue weighted by Gasteiger charge is -2.10. The second kappa shape index (κ2) is 8.73. The zero-order chi connectivity index (χ0) is 19.2. The summed E-state index contributed by atoms with van der Waals surface area (Å²) in [5, 5.41) is 4.24. The molecule has 5 nitrogen and oxygen atoms in total. The minimum Gasteiger partial charge on any atom is -0.484 e. The van der Waals surface area contributed by atoms with Gasteiger partial charge in [0.2, 0.25) is 0 Å². The molecule has 2 aromatic carbocycles. The monoisotopic (exact) mass is 385 g/mol. The highest BCUT2D eigenvalue weighted by atomic mass is 35.5. The number of amides is 1. The first kappa shape index (κ1) is 19.0. The van der Waals surface area contributed by atoms with Crippen LogP contribution < -0.4 is 15.7 Å². The molecule has 0 aliphatic carbocycles. The van der Waals surface area contributed by atoms with Gasteiger partial charge in [0.05, 0.1) is 0 Å². The first-order chi connectivity index (χ1) is 13.1. The van der Waals surface area contributed by atoms with Crippen LogP contribution in [0.3, 0.4) is 0 Å². The van der Waals surface area contributed by atoms with Crippen molar-refractivity contribution in [1.29, 1.82) is 0 Å². The molecule has 0 atom stereocenters. The number of halogens is 1. The van der Waals surface area contributed by atoms with E-state index >= 15 is 0 Å². The molecule has 1 N–H and O–H groups in total. The molecule has 0 spiro atoms. The fraction of sp³-hybridized carbons (Fsp3) is 0.238. The second-order valence-corrected chi connectivity index (χ2v) is 6.56. The summed E-state index contributed by atoms with van der Waals surface area (Å²) in [6.45, 7) is 2.24. The Bertz CT molecular complexity index is 1010. The summed E-state index contributed by atoms with van der Waals surface area (Å²) in [6, 6.07) is 14.1. The summed E-state index contributed by atoms with van der Waals surface area (Å²) >= 11 is 6.07. The van der Waals surface area contributed by atoms with Crippen LogP contribution in [0.1, 0.15) is 24.5 Å². The van der Waals surface area contributed by atoms with Crippen molar-refractivity contribution in [3.8, 4) is 5.75 Å². The van der Waals surface area contributed by atoms with Gasteiger partial charge in [-0.1, -0.05) is 43.1 Å². The number of benzene rings is 2. The maximum absolute atomic E-state index is 12.0. The van der Waals surface area contributed by atoms with E-state index in [4.69, 9.17) is 20.8 Å². The predicted octanol–water partition coefficient (Wildman–Crippen LogP) is 4.09. The number of carbonyl (C=O) groups is 1. The SMILES string of the molecule is CCCc1cc(=O)oc2cc(OCC(=O)NCc3ccccc3Cl)ccc12. The van der Waals surface area contributed by atoms with Crippen molar-refractivity contribution in [3.63, 3.8) is 0 Å². The van der Waals surface area contributed by atoms with E-state index in [1.165, 1.54) is 6.07 Å². The summed E-state index contributed by atoms with van der Waals surface area (Å²) in [5.74, 6) is 0.198. The quantitative estimate of drug-likeness (QED) is 0.622. The van der Waals surface area contributed by atoms with Crippen LogP contribution in [-0.2, 0) is 17.8 Å². The van der Waals surface area contributed by atoms with Crippen LogP contribution in [0.4, 0.5) is 0 Å².